The summed E-state index contributed by atoms with van der Waals surface area (Å²) in [5, 5.41) is 9.08. The Morgan fingerprint density at radius 2 is 1.79 bits per heavy atom. The number of azo groups is 1. The monoisotopic (exact) mass is 417 g/mol. The smallest absolute Gasteiger partial charge is 0.263 e. The molecule has 28 heavy (non-hydrogen) atoms. The molecular weight excluding hydrogens is 398 g/mol. The first-order valence-electron chi connectivity index (χ1n) is 8.38. The summed E-state index contributed by atoms with van der Waals surface area (Å²) in [5.74, 6) is 0.759. The van der Waals surface area contributed by atoms with Gasteiger partial charge in [-0.15, -0.1) is 10.2 Å². The highest BCUT2D eigenvalue weighted by atomic mass is 32.2. The molecule has 3 rings (SSSR count). The summed E-state index contributed by atoms with van der Waals surface area (Å²) in [6.07, 6.45) is 0. The largest absolute Gasteiger partial charge is 0.494 e. The van der Waals surface area contributed by atoms with Crippen molar-refractivity contribution in [1.29, 1.82) is 0 Å². The van der Waals surface area contributed by atoms with E-state index in [1.54, 1.807) is 19.1 Å². The van der Waals surface area contributed by atoms with Crippen molar-refractivity contribution in [3.05, 3.63) is 54.2 Å². The van der Waals surface area contributed by atoms with Crippen LogP contribution in [0.3, 0.4) is 0 Å². The quantitative estimate of drug-likeness (QED) is 0.428. The van der Waals surface area contributed by atoms with E-state index in [-0.39, 0.29) is 10.0 Å². The fraction of sp³-hybridized carbons (Fsp3) is 0.167. The molecule has 10 heteroatoms. The van der Waals surface area contributed by atoms with Crippen molar-refractivity contribution in [1.82, 2.24) is 4.98 Å². The van der Waals surface area contributed by atoms with Crippen LogP contribution >= 0.6 is 11.3 Å². The van der Waals surface area contributed by atoms with Gasteiger partial charge in [-0.05, 0) is 62.4 Å². The highest BCUT2D eigenvalue weighted by Crippen LogP contribution is 2.33. The van der Waals surface area contributed by atoms with Gasteiger partial charge in [-0.25, -0.2) is 13.4 Å². The number of aromatic nitrogens is 1. The summed E-state index contributed by atoms with van der Waals surface area (Å²) in [5.41, 5.74) is 7.31. The Balaban J connectivity index is 1.74. The minimum absolute atomic E-state index is 0.104. The van der Waals surface area contributed by atoms with Gasteiger partial charge >= 0.3 is 0 Å². The third kappa shape index (κ3) is 4.84. The van der Waals surface area contributed by atoms with Gasteiger partial charge in [0.15, 0.2) is 10.1 Å². The van der Waals surface area contributed by atoms with Crippen molar-refractivity contribution in [2.45, 2.75) is 18.7 Å². The van der Waals surface area contributed by atoms with Crippen molar-refractivity contribution in [3.8, 4) is 5.75 Å². The standard InChI is InChI=1S/C18H19N5O3S2/c1-3-26-15-8-6-14(7-9-15)21-22-17-12(2)20-18(27-17)23-28(24,25)16-10-4-13(19)5-11-16/h4-11H,3,19H2,1-2H3,(H,20,23). The maximum atomic E-state index is 12.4. The number of thiazole rings is 1. The molecule has 0 unspecified atom stereocenters. The van der Waals surface area contributed by atoms with E-state index in [2.05, 4.69) is 19.9 Å². The number of sulfonamides is 1. The molecule has 0 amide bonds. The van der Waals surface area contributed by atoms with Crippen molar-refractivity contribution in [2.24, 2.45) is 10.2 Å². The van der Waals surface area contributed by atoms with E-state index in [9.17, 15) is 8.42 Å². The first kappa shape index (κ1) is 19.8. The molecule has 146 valence electrons. The normalized spacial score (nSPS) is 11.6. The Morgan fingerprint density at radius 1 is 1.11 bits per heavy atom. The van der Waals surface area contributed by atoms with E-state index in [0.717, 1.165) is 17.1 Å². The van der Waals surface area contributed by atoms with Gasteiger partial charge in [-0.2, -0.15) is 0 Å². The molecular formula is C18H19N5O3S2. The van der Waals surface area contributed by atoms with Gasteiger partial charge < -0.3 is 10.5 Å². The summed E-state index contributed by atoms with van der Waals surface area (Å²) in [4.78, 5) is 4.32. The predicted octanol–water partition coefficient (Wildman–Crippen LogP) is 4.65. The Kier molecular flexibility index (Phi) is 5.90. The number of rotatable bonds is 7. The molecule has 0 spiro atoms. The summed E-state index contributed by atoms with van der Waals surface area (Å²) in [7, 11) is -3.75. The second-order valence-electron chi connectivity index (χ2n) is 5.71. The lowest BCUT2D eigenvalue weighted by Crippen LogP contribution is -2.12. The molecule has 0 bridgehead atoms. The van der Waals surface area contributed by atoms with Gasteiger partial charge in [0.25, 0.3) is 10.0 Å². The molecule has 1 heterocycles. The first-order chi connectivity index (χ1) is 13.4. The fourth-order valence-corrected chi connectivity index (χ4v) is 4.25. The second-order valence-corrected chi connectivity index (χ2v) is 8.37. The lowest BCUT2D eigenvalue weighted by molar-refractivity contribution is 0.340. The van der Waals surface area contributed by atoms with Crippen LogP contribution in [0, 0.1) is 6.92 Å². The van der Waals surface area contributed by atoms with Crippen LogP contribution in [0.2, 0.25) is 0 Å². The minimum Gasteiger partial charge on any atom is -0.494 e. The van der Waals surface area contributed by atoms with Crippen LogP contribution in [-0.2, 0) is 10.0 Å². The molecule has 0 aliphatic carbocycles. The number of hydrogen-bond acceptors (Lipinski definition) is 8. The van der Waals surface area contributed by atoms with E-state index in [1.807, 2.05) is 19.1 Å². The average Bonchev–Trinajstić information content (AvgIpc) is 3.00. The molecule has 0 saturated heterocycles. The molecule has 1 aromatic heterocycles. The third-order valence-corrected chi connectivity index (χ3v) is 6.03. The van der Waals surface area contributed by atoms with Gasteiger partial charge in [-0.1, -0.05) is 11.3 Å². The molecule has 3 aromatic rings. The van der Waals surface area contributed by atoms with E-state index in [4.69, 9.17) is 10.5 Å². The zero-order chi connectivity index (χ0) is 20.1. The number of ether oxygens (including phenoxy) is 1. The van der Waals surface area contributed by atoms with Gasteiger partial charge in [0.2, 0.25) is 0 Å². The molecule has 8 nitrogen and oxygen atoms in total. The zero-order valence-corrected chi connectivity index (χ0v) is 16.9. The number of nitrogens with one attached hydrogen (secondary N) is 1. The maximum absolute atomic E-state index is 12.4. The van der Waals surface area contributed by atoms with Gasteiger partial charge in [-0.3, -0.25) is 4.72 Å². The number of benzene rings is 2. The van der Waals surface area contributed by atoms with Crippen LogP contribution in [0.4, 0.5) is 21.5 Å². The number of nitrogens with zero attached hydrogens (tertiary/aromatic N) is 3. The Bertz CT molecular complexity index is 1080. The van der Waals surface area contributed by atoms with Crippen molar-refractivity contribution < 1.29 is 13.2 Å². The van der Waals surface area contributed by atoms with Crippen LogP contribution in [-0.4, -0.2) is 20.0 Å². The second kappa shape index (κ2) is 8.36. The zero-order valence-electron chi connectivity index (χ0n) is 15.3. The minimum atomic E-state index is -3.75. The van der Waals surface area contributed by atoms with Crippen LogP contribution in [0.5, 0.6) is 5.75 Å². The molecule has 3 N–H and O–H groups in total. The molecule has 0 atom stereocenters. The van der Waals surface area contributed by atoms with Crippen molar-refractivity contribution in [3.63, 3.8) is 0 Å². The summed E-state index contributed by atoms with van der Waals surface area (Å²) < 4.78 is 32.7. The Morgan fingerprint density at radius 3 is 2.43 bits per heavy atom. The number of aryl methyl sites for hydroxylation is 1. The summed E-state index contributed by atoms with van der Waals surface area (Å²) in [6.45, 7) is 4.25. The van der Waals surface area contributed by atoms with Crippen LogP contribution in [0.1, 0.15) is 12.6 Å². The van der Waals surface area contributed by atoms with Gasteiger partial charge in [0, 0.05) is 5.69 Å². The summed E-state index contributed by atoms with van der Waals surface area (Å²) >= 11 is 1.10. The lowest BCUT2D eigenvalue weighted by atomic mass is 10.3. The Labute approximate surface area is 167 Å². The lowest BCUT2D eigenvalue weighted by Gasteiger charge is -2.04. The number of anilines is 2. The highest BCUT2D eigenvalue weighted by molar-refractivity contribution is 7.93. The molecule has 0 fully saturated rings. The third-order valence-electron chi connectivity index (χ3n) is 3.59. The number of hydrogen-bond donors (Lipinski definition) is 2. The maximum Gasteiger partial charge on any atom is 0.263 e. The van der Waals surface area contributed by atoms with E-state index in [0.29, 0.717) is 28.7 Å². The van der Waals surface area contributed by atoms with Crippen LogP contribution in [0.25, 0.3) is 0 Å². The van der Waals surface area contributed by atoms with E-state index >= 15 is 0 Å². The van der Waals surface area contributed by atoms with Gasteiger partial charge in [0.05, 0.1) is 22.9 Å². The van der Waals surface area contributed by atoms with E-state index < -0.39 is 10.0 Å². The van der Waals surface area contributed by atoms with Crippen molar-refractivity contribution in [2.75, 3.05) is 17.1 Å². The number of nitrogen functional groups attached to an aromatic ring is 1. The molecule has 0 radical (unpaired) electrons. The van der Waals surface area contributed by atoms with Crippen molar-refractivity contribution >= 4 is 42.9 Å². The van der Waals surface area contributed by atoms with Crippen LogP contribution in [0.15, 0.2) is 63.7 Å². The fourth-order valence-electron chi connectivity index (χ4n) is 2.22. The molecule has 2 aromatic carbocycles. The van der Waals surface area contributed by atoms with E-state index in [1.165, 1.54) is 24.3 Å². The molecule has 0 saturated carbocycles. The predicted molar refractivity (Wildman–Crippen MR) is 110 cm³/mol. The molecule has 0 aliphatic heterocycles. The van der Waals surface area contributed by atoms with Crippen LogP contribution < -0.4 is 15.2 Å². The average molecular weight is 418 g/mol. The number of nitrogens with two attached hydrogens (primary N) is 1. The first-order valence-corrected chi connectivity index (χ1v) is 10.7. The Hall–Kier alpha value is -2.98. The van der Waals surface area contributed by atoms with Gasteiger partial charge in [0.1, 0.15) is 5.75 Å². The summed E-state index contributed by atoms with van der Waals surface area (Å²) in [6, 6.07) is 13.1. The highest BCUT2D eigenvalue weighted by Gasteiger charge is 2.17. The topological polar surface area (TPSA) is 119 Å². The molecule has 0 aliphatic rings. The SMILES string of the molecule is CCOc1ccc(N=Nc2sc(NS(=O)(=O)c3ccc(N)cc3)nc2C)cc1.